The molecule has 1 atom stereocenters. The number of ether oxygens (including phenoxy) is 1. The number of carbonyl (C=O) groups is 1. The highest BCUT2D eigenvalue weighted by Crippen LogP contribution is 2.23. The molecule has 29 heavy (non-hydrogen) atoms. The Bertz CT molecular complexity index is 950. The summed E-state index contributed by atoms with van der Waals surface area (Å²) in [4.78, 5) is 23.4. The largest absolute Gasteiger partial charge is 0.383 e. The molecule has 1 aliphatic heterocycles. The number of aromatic nitrogens is 4. The Kier molecular flexibility index (Phi) is 6.86. The first-order valence-electron chi connectivity index (χ1n) is 9.87. The number of ketones is 1. The summed E-state index contributed by atoms with van der Waals surface area (Å²) >= 11 is 0. The van der Waals surface area contributed by atoms with E-state index in [4.69, 9.17) is 4.74 Å². The van der Waals surface area contributed by atoms with E-state index in [-0.39, 0.29) is 22.6 Å². The van der Waals surface area contributed by atoms with E-state index in [1.54, 1.807) is 41.8 Å². The zero-order valence-electron chi connectivity index (χ0n) is 17.2. The molecule has 1 fully saturated rings. The molecule has 1 saturated heterocycles. The molecular weight excluding hydrogens is 394 g/mol. The zero-order valence-corrected chi connectivity index (χ0v) is 18.1. The maximum Gasteiger partial charge on any atom is 0.227 e. The lowest BCUT2D eigenvalue weighted by atomic mass is 9.93. The van der Waals surface area contributed by atoms with Crippen LogP contribution in [0.3, 0.4) is 0 Å². The van der Waals surface area contributed by atoms with Crippen molar-refractivity contribution in [3.8, 4) is 0 Å². The van der Waals surface area contributed by atoms with Gasteiger partial charge in [0.05, 0.1) is 24.3 Å². The van der Waals surface area contributed by atoms with Crippen molar-refractivity contribution >= 4 is 15.6 Å². The summed E-state index contributed by atoms with van der Waals surface area (Å²) in [5.74, 6) is 0.433. The van der Waals surface area contributed by atoms with E-state index in [1.807, 2.05) is 7.05 Å². The van der Waals surface area contributed by atoms with E-state index < -0.39 is 9.84 Å². The second kappa shape index (κ2) is 9.19. The number of methoxy groups -OCH3 is 1. The minimum absolute atomic E-state index is 0.000387. The molecule has 0 radical (unpaired) electrons. The van der Waals surface area contributed by atoms with Crippen LogP contribution >= 0.6 is 0 Å². The minimum atomic E-state index is -3.43. The summed E-state index contributed by atoms with van der Waals surface area (Å²) < 4.78 is 33.4. The van der Waals surface area contributed by atoms with E-state index in [1.165, 1.54) is 0 Å². The molecular formula is C19H29N5O4S. The highest BCUT2D eigenvalue weighted by Gasteiger charge is 2.30. The maximum absolute atomic E-state index is 12.8. The zero-order chi connectivity index (χ0) is 21.0. The van der Waals surface area contributed by atoms with Crippen LogP contribution in [0.2, 0.25) is 0 Å². The fourth-order valence-corrected chi connectivity index (χ4v) is 4.76. The highest BCUT2D eigenvalue weighted by atomic mass is 32.2. The predicted molar refractivity (Wildman–Crippen MR) is 107 cm³/mol. The summed E-state index contributed by atoms with van der Waals surface area (Å²) in [5, 5.41) is 0.0877. The summed E-state index contributed by atoms with van der Waals surface area (Å²) in [6.45, 7) is 4.45. The third-order valence-corrected chi connectivity index (χ3v) is 7.02. The first-order valence-corrected chi connectivity index (χ1v) is 11.5. The highest BCUT2D eigenvalue weighted by molar-refractivity contribution is 7.91. The molecule has 3 rings (SSSR count). The van der Waals surface area contributed by atoms with Crippen molar-refractivity contribution in [3.63, 3.8) is 0 Å². The number of likely N-dealkylation sites (tertiary alicyclic amines) is 1. The predicted octanol–water partition coefficient (Wildman–Crippen LogP) is 1.15. The molecule has 0 amide bonds. The van der Waals surface area contributed by atoms with Gasteiger partial charge >= 0.3 is 0 Å². The first kappa shape index (κ1) is 21.7. The van der Waals surface area contributed by atoms with Crippen molar-refractivity contribution in [1.29, 1.82) is 0 Å². The van der Waals surface area contributed by atoms with E-state index in [0.29, 0.717) is 32.1 Å². The lowest BCUT2D eigenvalue weighted by molar-refractivity contribution is 0.0794. The number of carbonyl (C=O) groups excluding carboxylic acids is 1. The van der Waals surface area contributed by atoms with Crippen LogP contribution in [0.5, 0.6) is 0 Å². The van der Waals surface area contributed by atoms with Crippen molar-refractivity contribution < 1.29 is 17.9 Å². The van der Waals surface area contributed by atoms with Crippen molar-refractivity contribution in [2.75, 3.05) is 32.6 Å². The van der Waals surface area contributed by atoms with Crippen LogP contribution in [0.15, 0.2) is 23.7 Å². The molecule has 0 saturated carbocycles. The molecule has 0 bridgehead atoms. The third-order valence-electron chi connectivity index (χ3n) is 5.38. The van der Waals surface area contributed by atoms with Crippen molar-refractivity contribution in [1.82, 2.24) is 24.0 Å². The van der Waals surface area contributed by atoms with Gasteiger partial charge in [0.2, 0.25) is 20.8 Å². The van der Waals surface area contributed by atoms with Gasteiger partial charge in [-0.15, -0.1) is 0 Å². The van der Waals surface area contributed by atoms with E-state index in [0.717, 1.165) is 25.1 Å². The normalized spacial score (nSPS) is 18.2. The molecule has 1 aliphatic rings. The second-order valence-electron chi connectivity index (χ2n) is 7.38. The van der Waals surface area contributed by atoms with E-state index in [2.05, 4.69) is 14.9 Å². The lowest BCUT2D eigenvalue weighted by Crippen LogP contribution is -2.39. The molecule has 160 valence electrons. The van der Waals surface area contributed by atoms with Crippen LogP contribution in [-0.2, 0) is 34.7 Å². The molecule has 0 aliphatic carbocycles. The fourth-order valence-electron chi connectivity index (χ4n) is 3.75. The number of aryl methyl sites for hydroxylation is 1. The summed E-state index contributed by atoms with van der Waals surface area (Å²) in [5.41, 5.74) is 0.819. The topological polar surface area (TPSA) is 99.3 Å². The molecule has 1 unspecified atom stereocenters. The Hall–Kier alpha value is -2.04. The number of imidazole rings is 2. The van der Waals surface area contributed by atoms with Crippen LogP contribution in [-0.4, -0.2) is 70.8 Å². The number of hydrogen-bond donors (Lipinski definition) is 0. The molecule has 3 heterocycles. The molecule has 2 aromatic rings. The Balaban J connectivity index is 1.77. The van der Waals surface area contributed by atoms with Crippen LogP contribution in [0, 0.1) is 5.92 Å². The van der Waals surface area contributed by atoms with Gasteiger partial charge in [-0.05, 0) is 19.4 Å². The lowest BCUT2D eigenvalue weighted by Gasteiger charge is -2.31. The van der Waals surface area contributed by atoms with Crippen LogP contribution in [0.1, 0.15) is 36.1 Å². The van der Waals surface area contributed by atoms with Crippen LogP contribution < -0.4 is 0 Å². The summed E-state index contributed by atoms with van der Waals surface area (Å²) in [6, 6.07) is 0. The Morgan fingerprint density at radius 2 is 2.14 bits per heavy atom. The van der Waals surface area contributed by atoms with Crippen molar-refractivity contribution in [3.05, 3.63) is 30.1 Å². The molecule has 10 heteroatoms. The Morgan fingerprint density at radius 3 is 2.79 bits per heavy atom. The van der Waals surface area contributed by atoms with Gasteiger partial charge in [0.25, 0.3) is 0 Å². The fraction of sp³-hybridized carbons (Fsp3) is 0.632. The third kappa shape index (κ3) is 4.76. The van der Waals surface area contributed by atoms with Crippen molar-refractivity contribution in [2.24, 2.45) is 13.0 Å². The smallest absolute Gasteiger partial charge is 0.227 e. The standard InChI is InChI=1S/C19H29N5O4S/c1-4-29(26,27)19-21-12-16(24(19)10-11-28-3)14-23-8-5-6-15(13-23)17(25)18-20-7-9-22(18)2/h7,9,12,15H,4-6,8,10-11,13-14H2,1-3H3. The van der Waals surface area contributed by atoms with E-state index >= 15 is 0 Å². The first-order chi connectivity index (χ1) is 13.9. The van der Waals surface area contributed by atoms with Gasteiger partial charge < -0.3 is 13.9 Å². The van der Waals surface area contributed by atoms with Crippen LogP contribution in [0.25, 0.3) is 0 Å². The molecule has 0 N–H and O–H groups in total. The quantitative estimate of drug-likeness (QED) is 0.558. The average molecular weight is 424 g/mol. The van der Waals surface area contributed by atoms with Gasteiger partial charge in [-0.2, -0.15) is 0 Å². The van der Waals surface area contributed by atoms with Gasteiger partial charge in [-0.3, -0.25) is 9.69 Å². The van der Waals surface area contributed by atoms with Gasteiger partial charge in [0.1, 0.15) is 0 Å². The average Bonchev–Trinajstić information content (AvgIpc) is 3.32. The number of rotatable bonds is 9. The van der Waals surface area contributed by atoms with Crippen LogP contribution in [0.4, 0.5) is 0 Å². The maximum atomic E-state index is 12.8. The SMILES string of the molecule is CCS(=O)(=O)c1ncc(CN2CCCC(C(=O)c3nccn3C)C2)n1CCOC. The monoisotopic (exact) mass is 423 g/mol. The van der Waals surface area contributed by atoms with Gasteiger partial charge in [0.15, 0.2) is 5.82 Å². The van der Waals surface area contributed by atoms with Gasteiger partial charge in [-0.25, -0.2) is 18.4 Å². The minimum Gasteiger partial charge on any atom is -0.383 e. The number of Topliss-reactive ketones (excluding diaryl/α,β-unsaturated/α-hetero) is 1. The molecule has 9 nitrogen and oxygen atoms in total. The number of hydrogen-bond acceptors (Lipinski definition) is 7. The molecule has 2 aromatic heterocycles. The number of piperidine rings is 1. The van der Waals surface area contributed by atoms with Gasteiger partial charge in [0, 0.05) is 52.1 Å². The van der Waals surface area contributed by atoms with Gasteiger partial charge in [-0.1, -0.05) is 6.92 Å². The van der Waals surface area contributed by atoms with E-state index in [9.17, 15) is 13.2 Å². The Morgan fingerprint density at radius 1 is 1.34 bits per heavy atom. The second-order valence-corrected chi connectivity index (χ2v) is 9.55. The number of nitrogens with zero attached hydrogens (tertiary/aromatic N) is 5. The number of sulfone groups is 1. The molecule has 0 aromatic carbocycles. The van der Waals surface area contributed by atoms with Crippen molar-refractivity contribution in [2.45, 2.75) is 38.0 Å². The summed E-state index contributed by atoms with van der Waals surface area (Å²) in [7, 11) is -0.0145. The molecule has 0 spiro atoms. The Labute approximate surface area is 171 Å². The summed E-state index contributed by atoms with van der Waals surface area (Å²) in [6.07, 6.45) is 6.78.